The first-order valence-electron chi connectivity index (χ1n) is 6.95. The number of ether oxygens (including phenoxy) is 2. The summed E-state index contributed by atoms with van der Waals surface area (Å²) in [4.78, 5) is 38.4. The normalized spacial score (nSPS) is 12.2. The molecule has 1 N–H and O–H groups in total. The standard InChI is InChI=1S/C15H15N3O5/c1-17(7-10-2-3-11-12(6-10)23-9-22-11)14(20)8-18-5-4-13(19)16-15(18)21/h2-6H,7-9H2,1H3,(H,16,19,21). The number of fused-ring (bicyclic) bond motifs is 1. The van der Waals surface area contributed by atoms with Crippen LogP contribution in [0.5, 0.6) is 11.5 Å². The van der Waals surface area contributed by atoms with Crippen LogP contribution < -0.4 is 20.7 Å². The molecule has 0 atom stereocenters. The van der Waals surface area contributed by atoms with Gasteiger partial charge < -0.3 is 14.4 Å². The largest absolute Gasteiger partial charge is 0.454 e. The zero-order chi connectivity index (χ0) is 16.4. The number of aromatic nitrogens is 2. The van der Waals surface area contributed by atoms with Crippen LogP contribution in [-0.4, -0.2) is 34.2 Å². The zero-order valence-electron chi connectivity index (χ0n) is 12.4. The number of carbonyl (C=O) groups is 1. The maximum Gasteiger partial charge on any atom is 0.328 e. The van der Waals surface area contributed by atoms with Crippen molar-refractivity contribution in [1.82, 2.24) is 14.5 Å². The van der Waals surface area contributed by atoms with Crippen LogP contribution in [0.1, 0.15) is 5.56 Å². The van der Waals surface area contributed by atoms with Crippen molar-refractivity contribution in [2.45, 2.75) is 13.1 Å². The molecule has 1 aromatic carbocycles. The number of hydrogen-bond donors (Lipinski definition) is 1. The fourth-order valence-corrected chi connectivity index (χ4v) is 2.24. The molecule has 1 aromatic heterocycles. The third kappa shape index (κ3) is 3.25. The number of benzene rings is 1. The highest BCUT2D eigenvalue weighted by Crippen LogP contribution is 2.32. The van der Waals surface area contributed by atoms with Gasteiger partial charge in [0.25, 0.3) is 5.56 Å². The van der Waals surface area contributed by atoms with Gasteiger partial charge in [-0.3, -0.25) is 19.1 Å². The van der Waals surface area contributed by atoms with Crippen molar-refractivity contribution in [3.63, 3.8) is 0 Å². The van der Waals surface area contributed by atoms with Crippen molar-refractivity contribution < 1.29 is 14.3 Å². The van der Waals surface area contributed by atoms with E-state index in [0.717, 1.165) is 10.1 Å². The lowest BCUT2D eigenvalue weighted by Crippen LogP contribution is -2.36. The third-order valence-electron chi connectivity index (χ3n) is 3.48. The van der Waals surface area contributed by atoms with Crippen LogP contribution >= 0.6 is 0 Å². The number of nitrogens with zero attached hydrogens (tertiary/aromatic N) is 2. The Morgan fingerprint density at radius 2 is 2.04 bits per heavy atom. The number of aromatic amines is 1. The predicted octanol–water partition coefficient (Wildman–Crippen LogP) is -0.0761. The van der Waals surface area contributed by atoms with Crippen LogP contribution in [0.25, 0.3) is 0 Å². The molecule has 1 aliphatic rings. The van der Waals surface area contributed by atoms with Crippen LogP contribution in [-0.2, 0) is 17.9 Å². The van der Waals surface area contributed by atoms with Crippen LogP contribution in [0.4, 0.5) is 0 Å². The highest BCUT2D eigenvalue weighted by atomic mass is 16.7. The van der Waals surface area contributed by atoms with E-state index in [-0.39, 0.29) is 19.2 Å². The number of nitrogens with one attached hydrogen (secondary N) is 1. The minimum Gasteiger partial charge on any atom is -0.454 e. The number of hydrogen-bond acceptors (Lipinski definition) is 5. The van der Waals surface area contributed by atoms with Crippen LogP contribution in [0.3, 0.4) is 0 Å². The molecular formula is C15H15N3O5. The second-order valence-corrected chi connectivity index (χ2v) is 5.18. The lowest BCUT2D eigenvalue weighted by atomic mass is 10.2. The van der Waals surface area contributed by atoms with E-state index in [4.69, 9.17) is 9.47 Å². The fourth-order valence-electron chi connectivity index (χ4n) is 2.24. The van der Waals surface area contributed by atoms with Gasteiger partial charge in [0.05, 0.1) is 0 Å². The molecule has 0 aliphatic carbocycles. The molecule has 8 nitrogen and oxygen atoms in total. The van der Waals surface area contributed by atoms with E-state index >= 15 is 0 Å². The average Bonchev–Trinajstić information content (AvgIpc) is 2.97. The lowest BCUT2D eigenvalue weighted by Gasteiger charge is -2.18. The van der Waals surface area contributed by atoms with Gasteiger partial charge in [-0.15, -0.1) is 0 Å². The predicted molar refractivity (Wildman–Crippen MR) is 80.4 cm³/mol. The summed E-state index contributed by atoms with van der Waals surface area (Å²) in [6.07, 6.45) is 1.30. The van der Waals surface area contributed by atoms with Crippen LogP contribution in [0, 0.1) is 0 Å². The van der Waals surface area contributed by atoms with E-state index in [0.29, 0.717) is 18.0 Å². The minimum absolute atomic E-state index is 0.142. The maximum atomic E-state index is 12.2. The summed E-state index contributed by atoms with van der Waals surface area (Å²) >= 11 is 0. The summed E-state index contributed by atoms with van der Waals surface area (Å²) in [5, 5.41) is 0. The molecule has 0 spiro atoms. The van der Waals surface area contributed by atoms with Crippen molar-refractivity contribution in [2.75, 3.05) is 13.8 Å². The number of likely N-dealkylation sites (N-methyl/N-ethyl adjacent to an activating group) is 1. The first-order valence-corrected chi connectivity index (χ1v) is 6.95. The second kappa shape index (κ2) is 5.99. The molecule has 0 bridgehead atoms. The van der Waals surface area contributed by atoms with Gasteiger partial charge >= 0.3 is 5.69 Å². The van der Waals surface area contributed by atoms with Crippen LogP contribution in [0.2, 0.25) is 0 Å². The maximum absolute atomic E-state index is 12.2. The molecule has 1 amide bonds. The van der Waals surface area contributed by atoms with Gasteiger partial charge in [-0.05, 0) is 17.7 Å². The Morgan fingerprint density at radius 3 is 2.83 bits per heavy atom. The quantitative estimate of drug-likeness (QED) is 0.851. The first-order chi connectivity index (χ1) is 11.0. The summed E-state index contributed by atoms with van der Waals surface area (Å²) < 4.78 is 11.7. The van der Waals surface area contributed by atoms with Gasteiger partial charge in [-0.25, -0.2) is 4.79 Å². The van der Waals surface area contributed by atoms with Gasteiger partial charge in [0.1, 0.15) is 6.54 Å². The van der Waals surface area contributed by atoms with Gasteiger partial charge in [0.2, 0.25) is 12.7 Å². The Labute approximate surface area is 130 Å². The Balaban J connectivity index is 1.68. The molecule has 120 valence electrons. The van der Waals surface area contributed by atoms with E-state index in [1.807, 2.05) is 12.1 Å². The van der Waals surface area contributed by atoms with Crippen molar-refractivity contribution in [3.8, 4) is 11.5 Å². The summed E-state index contributed by atoms with van der Waals surface area (Å²) in [5.74, 6) is 1.08. The summed E-state index contributed by atoms with van der Waals surface area (Å²) in [7, 11) is 1.64. The van der Waals surface area contributed by atoms with Gasteiger partial charge in [-0.2, -0.15) is 0 Å². The van der Waals surface area contributed by atoms with Crippen molar-refractivity contribution in [3.05, 3.63) is 56.9 Å². The highest BCUT2D eigenvalue weighted by molar-refractivity contribution is 5.75. The number of rotatable bonds is 4. The molecule has 2 heterocycles. The van der Waals surface area contributed by atoms with Crippen molar-refractivity contribution in [1.29, 1.82) is 0 Å². The highest BCUT2D eigenvalue weighted by Gasteiger charge is 2.16. The summed E-state index contributed by atoms with van der Waals surface area (Å²) in [6.45, 7) is 0.424. The molecule has 0 saturated carbocycles. The van der Waals surface area contributed by atoms with Crippen LogP contribution in [0.15, 0.2) is 40.1 Å². The minimum atomic E-state index is -0.609. The molecule has 1 aliphatic heterocycles. The summed E-state index contributed by atoms with van der Waals surface area (Å²) in [6, 6.07) is 6.66. The van der Waals surface area contributed by atoms with E-state index < -0.39 is 11.2 Å². The smallest absolute Gasteiger partial charge is 0.328 e. The van der Waals surface area contributed by atoms with E-state index in [1.54, 1.807) is 13.1 Å². The van der Waals surface area contributed by atoms with Gasteiger partial charge in [0.15, 0.2) is 11.5 Å². The van der Waals surface area contributed by atoms with E-state index in [1.165, 1.54) is 17.2 Å². The SMILES string of the molecule is CN(Cc1ccc2c(c1)OCO2)C(=O)Cn1ccc(=O)[nH]c1=O. The first kappa shape index (κ1) is 14.9. The Morgan fingerprint density at radius 1 is 1.26 bits per heavy atom. The monoisotopic (exact) mass is 317 g/mol. The van der Waals surface area contributed by atoms with Gasteiger partial charge in [0, 0.05) is 25.9 Å². The van der Waals surface area contributed by atoms with Crippen molar-refractivity contribution in [2.24, 2.45) is 0 Å². The van der Waals surface area contributed by atoms with E-state index in [9.17, 15) is 14.4 Å². The summed E-state index contributed by atoms with van der Waals surface area (Å²) in [5.41, 5.74) is -0.214. The molecule has 8 heteroatoms. The number of amides is 1. The number of carbonyl (C=O) groups excluding carboxylic acids is 1. The van der Waals surface area contributed by atoms with Gasteiger partial charge in [-0.1, -0.05) is 6.07 Å². The van der Waals surface area contributed by atoms with E-state index in [2.05, 4.69) is 4.98 Å². The fraction of sp³-hybridized carbons (Fsp3) is 0.267. The molecule has 0 radical (unpaired) electrons. The third-order valence-corrected chi connectivity index (χ3v) is 3.48. The Bertz CT molecular complexity index is 855. The zero-order valence-corrected chi connectivity index (χ0v) is 12.4. The molecule has 0 saturated heterocycles. The molecule has 0 fully saturated rings. The molecule has 2 aromatic rings. The molecule has 3 rings (SSSR count). The Kier molecular flexibility index (Phi) is 3.88. The molecule has 23 heavy (non-hydrogen) atoms. The lowest BCUT2D eigenvalue weighted by molar-refractivity contribution is -0.131. The van der Waals surface area contributed by atoms with Crippen molar-refractivity contribution >= 4 is 5.91 Å². The topological polar surface area (TPSA) is 93.6 Å². The Hall–Kier alpha value is -3.03. The average molecular weight is 317 g/mol. The number of H-pyrrole nitrogens is 1. The second-order valence-electron chi connectivity index (χ2n) is 5.18. The molecular weight excluding hydrogens is 302 g/mol. The molecule has 0 unspecified atom stereocenters.